The van der Waals surface area contributed by atoms with E-state index in [1.165, 1.54) is 6.42 Å². The molecular weight excluding hydrogens is 739 g/mol. The number of allylic oxidation sites excluding steroid dienone is 1. The average Bonchev–Trinajstić information content (AvgIpc) is 3.86. The largest absolute Gasteiger partial charge is 0.481 e. The van der Waals surface area contributed by atoms with Crippen LogP contribution in [0.5, 0.6) is 0 Å². The molecule has 2 bridgehead atoms. The molecule has 0 amide bonds. The molecule has 0 aromatic carbocycles. The first-order valence-electron chi connectivity index (χ1n) is 23.1. The van der Waals surface area contributed by atoms with Crippen LogP contribution in [-0.2, 0) is 38.0 Å². The van der Waals surface area contributed by atoms with E-state index in [1.807, 2.05) is 18.2 Å². The summed E-state index contributed by atoms with van der Waals surface area (Å²) in [4.78, 5) is 10.9. The van der Waals surface area contributed by atoms with Crippen LogP contribution < -0.4 is 5.32 Å². The number of aliphatic hydroxyl groups excluding tert-OH is 1. The summed E-state index contributed by atoms with van der Waals surface area (Å²) >= 11 is 0. The van der Waals surface area contributed by atoms with E-state index in [0.717, 1.165) is 57.1 Å². The van der Waals surface area contributed by atoms with Gasteiger partial charge in [-0.3, -0.25) is 4.79 Å². The molecule has 9 rings (SSSR count). The zero-order valence-electron chi connectivity index (χ0n) is 35.7. The molecule has 1 saturated carbocycles. The lowest BCUT2D eigenvalue weighted by Crippen LogP contribution is -2.57. The minimum absolute atomic E-state index is 0.0735. The van der Waals surface area contributed by atoms with E-state index >= 15 is 0 Å². The normalized spacial score (nSPS) is 51.7. The molecule has 11 nitrogen and oxygen atoms in total. The molecule has 58 heavy (non-hydrogen) atoms. The van der Waals surface area contributed by atoms with Gasteiger partial charge in [0.05, 0.1) is 48.8 Å². The summed E-state index contributed by atoms with van der Waals surface area (Å²) in [6, 6.07) is 0. The molecule has 8 aliphatic heterocycles. The van der Waals surface area contributed by atoms with Crippen molar-refractivity contribution in [1.82, 2.24) is 5.32 Å². The van der Waals surface area contributed by atoms with Crippen molar-refractivity contribution in [3.63, 3.8) is 0 Å². The fourth-order valence-electron chi connectivity index (χ4n) is 13.1. The summed E-state index contributed by atoms with van der Waals surface area (Å²) < 4.78 is 47.9. The van der Waals surface area contributed by atoms with Gasteiger partial charge >= 0.3 is 5.97 Å². The summed E-state index contributed by atoms with van der Waals surface area (Å²) in [5.74, 6) is -0.456. The Kier molecular flexibility index (Phi) is 11.4. The van der Waals surface area contributed by atoms with Crippen molar-refractivity contribution in [2.24, 2.45) is 35.5 Å². The molecule has 2 unspecified atom stereocenters. The van der Waals surface area contributed by atoms with Crippen LogP contribution in [0.2, 0.25) is 0 Å². The number of carboxylic acid groups (broad SMARTS) is 1. The lowest BCUT2D eigenvalue weighted by atomic mass is 9.74. The number of hydrogen-bond acceptors (Lipinski definition) is 10. The van der Waals surface area contributed by atoms with Crippen LogP contribution in [0, 0.1) is 35.5 Å². The van der Waals surface area contributed by atoms with Gasteiger partial charge < -0.3 is 48.7 Å². The third-order valence-corrected chi connectivity index (χ3v) is 16.1. The Morgan fingerprint density at radius 2 is 1.71 bits per heavy atom. The standard InChI is InChI=1S/C47H71NO10/c1-27-19-36-34-24-44(31(5)18-28(2)26-48-44)25-40(34)56-46(22-27,55-36)23-30(4)43-29(3)13-14-35(53-43)42(51)39-21-38-37(52-39)20-32(6)47(57-38)17-16-45(58-47)15-9-11-33(54-45)10-7-8-12-41(49)50/h7,9-11,27-29,31-40,42-43,48,51H,4,8,12-26H2,1-3,5-6H3,(H,49,50)/b10-7+/t27-,28+,29-,31-,32+,33+,34-,35?,36+,37+,38+,39?,40+,42+,43-,44+,45-,46+,47+/m0/s1. The van der Waals surface area contributed by atoms with Crippen LogP contribution in [0.15, 0.2) is 36.5 Å². The van der Waals surface area contributed by atoms with E-state index in [0.29, 0.717) is 62.2 Å². The molecule has 0 aromatic heterocycles. The number of piperidine rings is 1. The summed E-state index contributed by atoms with van der Waals surface area (Å²) in [6.45, 7) is 17.3. The fraction of sp³-hybridized carbons (Fsp3) is 0.851. The highest BCUT2D eigenvalue weighted by Crippen LogP contribution is 2.57. The highest BCUT2D eigenvalue weighted by Gasteiger charge is 2.62. The molecule has 3 spiro atoms. The van der Waals surface area contributed by atoms with Gasteiger partial charge in [0.25, 0.3) is 0 Å². The van der Waals surface area contributed by atoms with Gasteiger partial charge in [0.1, 0.15) is 6.10 Å². The van der Waals surface area contributed by atoms with Crippen molar-refractivity contribution in [2.75, 3.05) is 6.54 Å². The van der Waals surface area contributed by atoms with Crippen molar-refractivity contribution in [1.29, 1.82) is 0 Å². The van der Waals surface area contributed by atoms with Crippen LogP contribution in [0.1, 0.15) is 131 Å². The number of carbonyl (C=O) groups is 1. The number of carboxylic acids is 1. The first-order valence-corrected chi connectivity index (χ1v) is 23.1. The van der Waals surface area contributed by atoms with E-state index < -0.39 is 35.5 Å². The van der Waals surface area contributed by atoms with Gasteiger partial charge in [0, 0.05) is 62.3 Å². The van der Waals surface area contributed by atoms with Crippen molar-refractivity contribution < 1.29 is 48.2 Å². The average molecular weight is 810 g/mol. The molecule has 9 aliphatic rings. The van der Waals surface area contributed by atoms with E-state index in [4.69, 9.17) is 38.3 Å². The number of aliphatic carboxylic acids is 1. The van der Waals surface area contributed by atoms with Crippen LogP contribution in [0.4, 0.5) is 0 Å². The highest BCUT2D eigenvalue weighted by atomic mass is 16.8. The van der Waals surface area contributed by atoms with Crippen molar-refractivity contribution in [2.45, 2.75) is 209 Å². The number of rotatable bonds is 9. The fourth-order valence-corrected chi connectivity index (χ4v) is 13.1. The van der Waals surface area contributed by atoms with Crippen LogP contribution in [0.3, 0.4) is 0 Å². The van der Waals surface area contributed by atoms with E-state index in [2.05, 4.69) is 52.6 Å². The summed E-state index contributed by atoms with van der Waals surface area (Å²) in [6.07, 6.45) is 17.6. The highest BCUT2D eigenvalue weighted by molar-refractivity contribution is 5.66. The molecule has 8 fully saturated rings. The number of hydrogen-bond donors (Lipinski definition) is 3. The van der Waals surface area contributed by atoms with Gasteiger partial charge in [-0.15, -0.1) is 0 Å². The maximum atomic E-state index is 11.9. The van der Waals surface area contributed by atoms with Crippen molar-refractivity contribution >= 4 is 5.97 Å². The van der Waals surface area contributed by atoms with E-state index in [-0.39, 0.29) is 66.5 Å². The number of aliphatic hydroxyl groups is 1. The lowest BCUT2D eigenvalue weighted by Gasteiger charge is -2.53. The molecule has 19 atom stereocenters. The van der Waals surface area contributed by atoms with Gasteiger partial charge in [0.2, 0.25) is 0 Å². The molecular formula is C47H71NO10. The molecule has 7 saturated heterocycles. The minimum atomic E-state index is -0.811. The van der Waals surface area contributed by atoms with Gasteiger partial charge in [-0.05, 0) is 87.2 Å². The van der Waals surface area contributed by atoms with E-state index in [1.54, 1.807) is 0 Å². The Balaban J connectivity index is 0.814. The maximum absolute atomic E-state index is 11.9. The third-order valence-electron chi connectivity index (χ3n) is 16.1. The molecule has 11 heteroatoms. The molecule has 8 heterocycles. The summed E-state index contributed by atoms with van der Waals surface area (Å²) in [7, 11) is 0. The smallest absolute Gasteiger partial charge is 0.303 e. The van der Waals surface area contributed by atoms with Crippen LogP contribution in [-0.4, -0.2) is 101 Å². The van der Waals surface area contributed by atoms with Gasteiger partial charge in [0.15, 0.2) is 17.4 Å². The number of nitrogens with one attached hydrogen (secondary N) is 1. The van der Waals surface area contributed by atoms with Crippen molar-refractivity contribution in [3.8, 4) is 0 Å². The quantitative estimate of drug-likeness (QED) is 0.202. The van der Waals surface area contributed by atoms with Crippen LogP contribution in [0.25, 0.3) is 0 Å². The predicted molar refractivity (Wildman–Crippen MR) is 216 cm³/mol. The minimum Gasteiger partial charge on any atom is -0.481 e. The predicted octanol–water partition coefficient (Wildman–Crippen LogP) is 7.35. The molecule has 1 aliphatic carbocycles. The SMILES string of the molecule is C=C(C[C@]12C[C@@H](C)C[C@@H](O1)[C@@H]1C[C@]3(C[C@H]1O2)NC[C@H](C)C[C@@H]3C)[C@H]1OC([C@@H](O)C2C[C@H]3O[C@@]4(CC[C@]5(CC=C[C@@H](/C=C/CCC(=O)O)O5)O4)[C@H](C)C[C@H]3O2)CC[C@@H]1C. The molecule has 0 aromatic rings. The van der Waals surface area contributed by atoms with Crippen molar-refractivity contribution in [3.05, 3.63) is 36.5 Å². The Morgan fingerprint density at radius 1 is 0.879 bits per heavy atom. The molecule has 0 radical (unpaired) electrons. The maximum Gasteiger partial charge on any atom is 0.303 e. The second-order valence-corrected chi connectivity index (χ2v) is 20.7. The number of ether oxygens (including phenoxy) is 7. The van der Waals surface area contributed by atoms with Gasteiger partial charge in [-0.1, -0.05) is 65.5 Å². The Hall–Kier alpha value is -1.67. The first-order chi connectivity index (χ1) is 27.7. The van der Waals surface area contributed by atoms with Gasteiger partial charge in [-0.25, -0.2) is 0 Å². The second kappa shape index (κ2) is 15.9. The zero-order chi connectivity index (χ0) is 40.6. The topological polar surface area (TPSA) is 134 Å². The molecule has 324 valence electrons. The zero-order valence-corrected chi connectivity index (χ0v) is 35.7. The summed E-state index contributed by atoms with van der Waals surface area (Å²) in [5.41, 5.74) is 1.14. The van der Waals surface area contributed by atoms with Crippen LogP contribution >= 0.6 is 0 Å². The second-order valence-electron chi connectivity index (χ2n) is 20.7. The summed E-state index contributed by atoms with van der Waals surface area (Å²) in [5, 5.41) is 24.9. The lowest BCUT2D eigenvalue weighted by molar-refractivity contribution is -0.365. The Labute approximate surface area is 345 Å². The molecule has 3 N–H and O–H groups in total. The Bertz CT molecular complexity index is 1600. The monoisotopic (exact) mass is 810 g/mol. The van der Waals surface area contributed by atoms with Gasteiger partial charge in [-0.2, -0.15) is 0 Å². The Morgan fingerprint density at radius 3 is 2.52 bits per heavy atom. The third kappa shape index (κ3) is 7.85. The number of fused-ring (bicyclic) bond motifs is 5. The first kappa shape index (κ1) is 41.7. The van der Waals surface area contributed by atoms with E-state index in [9.17, 15) is 9.90 Å².